The molecule has 0 bridgehead atoms. The Morgan fingerprint density at radius 1 is 1.00 bits per heavy atom. The van der Waals surface area contributed by atoms with Crippen molar-refractivity contribution in [2.45, 2.75) is 20.0 Å². The number of nitrogens with one attached hydrogen (secondary N) is 1. The number of H-pyrrole nitrogens is 1. The number of aryl methyl sites for hydroxylation is 2. The van der Waals surface area contributed by atoms with E-state index in [9.17, 15) is 22.8 Å². The largest absolute Gasteiger partial charge is 0.416 e. The number of halogens is 3. The van der Waals surface area contributed by atoms with E-state index in [0.29, 0.717) is 17.1 Å². The standard InChI is InChI=1S/C20H16F3N3O2S/c1-11-7-8-29-19(11)26-10-25(15-5-6-17(27)24-12(15)2)18(28)14-9-13(20(21,22)23)3-4-16(14)26/h3-9H,10H2,1-2H3,(H,24,27). The van der Waals surface area contributed by atoms with Gasteiger partial charge in [0, 0.05) is 11.8 Å². The number of aromatic nitrogens is 1. The zero-order valence-corrected chi connectivity index (χ0v) is 16.3. The molecule has 29 heavy (non-hydrogen) atoms. The zero-order chi connectivity index (χ0) is 20.9. The lowest BCUT2D eigenvalue weighted by molar-refractivity contribution is -0.137. The van der Waals surface area contributed by atoms with Gasteiger partial charge in [-0.2, -0.15) is 13.2 Å². The van der Waals surface area contributed by atoms with Crippen LogP contribution in [-0.4, -0.2) is 17.6 Å². The van der Waals surface area contributed by atoms with E-state index in [0.717, 1.165) is 22.7 Å². The Kier molecular flexibility index (Phi) is 4.49. The number of fused-ring (bicyclic) bond motifs is 1. The first-order valence-corrected chi connectivity index (χ1v) is 9.59. The van der Waals surface area contributed by atoms with Crippen molar-refractivity contribution in [1.29, 1.82) is 0 Å². The molecule has 0 saturated carbocycles. The quantitative estimate of drug-likeness (QED) is 0.648. The van der Waals surface area contributed by atoms with Crippen LogP contribution in [0.5, 0.6) is 0 Å². The first-order chi connectivity index (χ1) is 13.7. The van der Waals surface area contributed by atoms with Gasteiger partial charge in [-0.1, -0.05) is 0 Å². The third-order valence-electron chi connectivity index (χ3n) is 4.83. The second kappa shape index (κ2) is 6.77. The maximum Gasteiger partial charge on any atom is 0.416 e. The fourth-order valence-electron chi connectivity index (χ4n) is 3.41. The molecule has 5 nitrogen and oxygen atoms in total. The molecule has 3 aromatic rings. The summed E-state index contributed by atoms with van der Waals surface area (Å²) in [5, 5.41) is 2.73. The van der Waals surface area contributed by atoms with Crippen molar-refractivity contribution in [1.82, 2.24) is 4.98 Å². The molecule has 0 unspecified atom stereocenters. The van der Waals surface area contributed by atoms with Crippen LogP contribution in [0.25, 0.3) is 0 Å². The molecule has 150 valence electrons. The summed E-state index contributed by atoms with van der Waals surface area (Å²) in [7, 11) is 0. The molecule has 3 heterocycles. The van der Waals surface area contributed by atoms with Crippen LogP contribution in [0.3, 0.4) is 0 Å². The highest BCUT2D eigenvalue weighted by molar-refractivity contribution is 7.14. The van der Waals surface area contributed by atoms with Crippen molar-refractivity contribution < 1.29 is 18.0 Å². The van der Waals surface area contributed by atoms with Crippen LogP contribution in [0.2, 0.25) is 0 Å². The number of carbonyl (C=O) groups is 1. The summed E-state index contributed by atoms with van der Waals surface area (Å²) in [5.41, 5.74) is 1.04. The molecule has 1 aromatic carbocycles. The van der Waals surface area contributed by atoms with E-state index in [-0.39, 0.29) is 17.8 Å². The SMILES string of the molecule is Cc1ccsc1N1CN(c2ccc(=O)[nH]c2C)C(=O)c2cc(C(F)(F)F)ccc21. The molecule has 1 N–H and O–H groups in total. The minimum atomic E-state index is -4.56. The average Bonchev–Trinajstić information content (AvgIpc) is 3.07. The van der Waals surface area contributed by atoms with E-state index < -0.39 is 17.6 Å². The van der Waals surface area contributed by atoms with Gasteiger partial charge < -0.3 is 9.88 Å². The highest BCUT2D eigenvalue weighted by atomic mass is 32.1. The normalized spacial score (nSPS) is 14.3. The monoisotopic (exact) mass is 419 g/mol. The molecule has 0 saturated heterocycles. The number of amides is 1. The van der Waals surface area contributed by atoms with Gasteiger partial charge in [0.15, 0.2) is 0 Å². The maximum atomic E-state index is 13.3. The number of thiophene rings is 1. The van der Waals surface area contributed by atoms with E-state index in [2.05, 4.69) is 4.98 Å². The summed E-state index contributed by atoms with van der Waals surface area (Å²) < 4.78 is 39.8. The number of rotatable bonds is 2. The molecule has 1 amide bonds. The lowest BCUT2D eigenvalue weighted by Crippen LogP contribution is -2.45. The number of anilines is 3. The molecule has 9 heteroatoms. The molecular formula is C20H16F3N3O2S. The number of carbonyl (C=O) groups excluding carboxylic acids is 1. The van der Waals surface area contributed by atoms with Crippen LogP contribution < -0.4 is 15.4 Å². The molecule has 1 aliphatic rings. The maximum absolute atomic E-state index is 13.3. The molecule has 0 atom stereocenters. The zero-order valence-electron chi connectivity index (χ0n) is 15.5. The Hall–Kier alpha value is -3.07. The fourth-order valence-corrected chi connectivity index (χ4v) is 4.35. The fraction of sp³-hybridized carbons (Fsp3) is 0.200. The van der Waals surface area contributed by atoms with E-state index in [1.54, 1.807) is 6.92 Å². The van der Waals surface area contributed by atoms with E-state index in [1.165, 1.54) is 34.4 Å². The van der Waals surface area contributed by atoms with E-state index in [4.69, 9.17) is 0 Å². The third kappa shape index (κ3) is 3.31. The molecule has 0 radical (unpaired) electrons. The predicted molar refractivity (Wildman–Crippen MR) is 106 cm³/mol. The highest BCUT2D eigenvalue weighted by Crippen LogP contribution is 2.42. The Morgan fingerprint density at radius 2 is 1.72 bits per heavy atom. The van der Waals surface area contributed by atoms with Crippen LogP contribution in [0, 0.1) is 13.8 Å². The van der Waals surface area contributed by atoms with Crippen molar-refractivity contribution >= 4 is 33.6 Å². The van der Waals surface area contributed by atoms with Crippen molar-refractivity contribution in [2.75, 3.05) is 16.5 Å². The minimum Gasteiger partial charge on any atom is -0.324 e. The summed E-state index contributed by atoms with van der Waals surface area (Å²) in [6, 6.07) is 7.92. The molecule has 4 rings (SSSR count). The van der Waals surface area contributed by atoms with Crippen LogP contribution >= 0.6 is 11.3 Å². The van der Waals surface area contributed by atoms with Crippen LogP contribution in [0.1, 0.15) is 27.2 Å². The molecule has 1 aliphatic heterocycles. The van der Waals surface area contributed by atoms with Gasteiger partial charge in [0.2, 0.25) is 5.56 Å². The summed E-state index contributed by atoms with van der Waals surface area (Å²) in [5.74, 6) is -0.549. The number of hydrogen-bond acceptors (Lipinski definition) is 4. The van der Waals surface area contributed by atoms with Crippen molar-refractivity contribution in [3.05, 3.63) is 74.5 Å². The summed E-state index contributed by atoms with van der Waals surface area (Å²) >= 11 is 1.44. The smallest absolute Gasteiger partial charge is 0.324 e. The summed E-state index contributed by atoms with van der Waals surface area (Å²) in [6.45, 7) is 3.67. The summed E-state index contributed by atoms with van der Waals surface area (Å²) in [6.07, 6.45) is -4.56. The van der Waals surface area contributed by atoms with Gasteiger partial charge >= 0.3 is 6.18 Å². The number of nitrogens with zero attached hydrogens (tertiary/aromatic N) is 2. The topological polar surface area (TPSA) is 56.4 Å². The number of pyridine rings is 1. The van der Waals surface area contributed by atoms with Crippen molar-refractivity contribution in [3.63, 3.8) is 0 Å². The second-order valence-electron chi connectivity index (χ2n) is 6.77. The van der Waals surface area contributed by atoms with Crippen LogP contribution in [0.15, 0.2) is 46.6 Å². The van der Waals surface area contributed by atoms with Crippen LogP contribution in [-0.2, 0) is 6.18 Å². The molecule has 0 aliphatic carbocycles. The Morgan fingerprint density at radius 3 is 2.34 bits per heavy atom. The average molecular weight is 419 g/mol. The first kappa shape index (κ1) is 19.3. The molecule has 2 aromatic heterocycles. The number of hydrogen-bond donors (Lipinski definition) is 1. The van der Waals surface area contributed by atoms with Gasteiger partial charge in [0.1, 0.15) is 6.67 Å². The second-order valence-corrected chi connectivity index (χ2v) is 7.67. The predicted octanol–water partition coefficient (Wildman–Crippen LogP) is 4.83. The lowest BCUT2D eigenvalue weighted by atomic mass is 10.0. The van der Waals surface area contributed by atoms with Gasteiger partial charge in [-0.25, -0.2) is 0 Å². The number of alkyl halides is 3. The van der Waals surface area contributed by atoms with E-state index in [1.807, 2.05) is 23.3 Å². The molecule has 0 spiro atoms. The molecule has 0 fully saturated rings. The Bertz CT molecular complexity index is 1170. The van der Waals surface area contributed by atoms with Crippen molar-refractivity contribution in [2.24, 2.45) is 0 Å². The molecular weight excluding hydrogens is 403 g/mol. The van der Waals surface area contributed by atoms with Gasteiger partial charge in [0.25, 0.3) is 5.91 Å². The number of benzene rings is 1. The van der Waals surface area contributed by atoms with Gasteiger partial charge in [0.05, 0.1) is 27.5 Å². The van der Waals surface area contributed by atoms with E-state index >= 15 is 0 Å². The van der Waals surface area contributed by atoms with Crippen molar-refractivity contribution in [3.8, 4) is 0 Å². The van der Waals surface area contributed by atoms with Gasteiger partial charge in [-0.15, -0.1) is 11.3 Å². The summed E-state index contributed by atoms with van der Waals surface area (Å²) in [4.78, 5) is 30.6. The third-order valence-corrected chi connectivity index (χ3v) is 5.87. The van der Waals surface area contributed by atoms with Crippen LogP contribution in [0.4, 0.5) is 29.5 Å². The Balaban J connectivity index is 1.91. The lowest BCUT2D eigenvalue weighted by Gasteiger charge is -2.38. The first-order valence-electron chi connectivity index (χ1n) is 8.71. The van der Waals surface area contributed by atoms with Gasteiger partial charge in [-0.05, 0) is 55.1 Å². The number of aromatic amines is 1. The highest BCUT2D eigenvalue weighted by Gasteiger charge is 2.37. The Labute approximate surface area is 168 Å². The minimum absolute atomic E-state index is 0.0375. The van der Waals surface area contributed by atoms with Gasteiger partial charge in [-0.3, -0.25) is 14.5 Å².